The topological polar surface area (TPSA) is 30.5 Å². The van der Waals surface area contributed by atoms with Gasteiger partial charge in [-0.1, -0.05) is 18.2 Å². The molecule has 0 spiro atoms. The first kappa shape index (κ1) is 15.6. The average Bonchev–Trinajstić information content (AvgIpc) is 2.55. The van der Waals surface area contributed by atoms with Gasteiger partial charge in [-0.3, -0.25) is 0 Å². The van der Waals surface area contributed by atoms with Crippen molar-refractivity contribution in [1.29, 1.82) is 0 Å². The lowest BCUT2D eigenvalue weighted by Gasteiger charge is -2.29. The number of hydrogen-bond acceptors (Lipinski definition) is 3. The summed E-state index contributed by atoms with van der Waals surface area (Å²) in [5, 5.41) is 3.62. The molecule has 0 aliphatic carbocycles. The predicted octanol–water partition coefficient (Wildman–Crippen LogP) is 3.93. The van der Waals surface area contributed by atoms with Gasteiger partial charge in [-0.05, 0) is 65.3 Å². The second kappa shape index (κ2) is 6.87. The zero-order valence-corrected chi connectivity index (χ0v) is 15.0. The Morgan fingerprint density at radius 3 is 2.64 bits per heavy atom. The number of halogens is 1. The highest BCUT2D eigenvalue weighted by Crippen LogP contribution is 2.40. The Bertz CT molecular complexity index is 655. The van der Waals surface area contributed by atoms with E-state index in [1.54, 1.807) is 7.11 Å². The van der Waals surface area contributed by atoms with Crippen LogP contribution in [-0.2, 0) is 6.42 Å². The van der Waals surface area contributed by atoms with Crippen LogP contribution in [0.4, 0.5) is 0 Å². The van der Waals surface area contributed by atoms with Crippen molar-refractivity contribution in [3.63, 3.8) is 0 Å². The number of rotatable bonds is 4. The Hall–Kier alpha value is -1.27. The Labute approximate surface area is 145 Å². The standard InChI is InChI=1S/C18H20INO2/c1-3-22-18-15-10-11-20-17(12-4-6-13(19)7-5-12)14(15)8-9-16(18)21-2/h4-9,17,20H,3,10-11H2,1-2H3. The first-order valence-electron chi connectivity index (χ1n) is 7.56. The van der Waals surface area contributed by atoms with Crippen LogP contribution in [0.2, 0.25) is 0 Å². The van der Waals surface area contributed by atoms with Gasteiger partial charge in [0.05, 0.1) is 19.8 Å². The summed E-state index contributed by atoms with van der Waals surface area (Å²) in [6.07, 6.45) is 0.961. The van der Waals surface area contributed by atoms with Gasteiger partial charge >= 0.3 is 0 Å². The maximum Gasteiger partial charge on any atom is 0.164 e. The fourth-order valence-electron chi connectivity index (χ4n) is 3.02. The SMILES string of the molecule is CCOc1c(OC)ccc2c1CCNC2c1ccc(I)cc1. The maximum atomic E-state index is 5.88. The van der Waals surface area contributed by atoms with E-state index in [4.69, 9.17) is 9.47 Å². The molecule has 0 amide bonds. The first-order valence-corrected chi connectivity index (χ1v) is 8.64. The Balaban J connectivity index is 2.06. The lowest BCUT2D eigenvalue weighted by atomic mass is 9.89. The molecule has 1 atom stereocenters. The van der Waals surface area contributed by atoms with Gasteiger partial charge in [0.15, 0.2) is 11.5 Å². The molecule has 1 unspecified atom stereocenters. The van der Waals surface area contributed by atoms with Gasteiger partial charge in [-0.2, -0.15) is 0 Å². The van der Waals surface area contributed by atoms with Gasteiger partial charge in [0.2, 0.25) is 0 Å². The fraction of sp³-hybridized carbons (Fsp3) is 0.333. The molecule has 3 nitrogen and oxygen atoms in total. The van der Waals surface area contributed by atoms with Crippen molar-refractivity contribution in [2.75, 3.05) is 20.3 Å². The van der Waals surface area contributed by atoms with Crippen LogP contribution in [0.5, 0.6) is 11.5 Å². The fourth-order valence-corrected chi connectivity index (χ4v) is 3.38. The highest BCUT2D eigenvalue weighted by Gasteiger charge is 2.25. The van der Waals surface area contributed by atoms with E-state index >= 15 is 0 Å². The van der Waals surface area contributed by atoms with Gasteiger partial charge in [-0.15, -0.1) is 0 Å². The van der Waals surface area contributed by atoms with E-state index < -0.39 is 0 Å². The van der Waals surface area contributed by atoms with Crippen LogP contribution in [0.1, 0.15) is 29.7 Å². The zero-order chi connectivity index (χ0) is 15.5. The Kier molecular flexibility index (Phi) is 4.88. The van der Waals surface area contributed by atoms with Gasteiger partial charge in [0.25, 0.3) is 0 Å². The lowest BCUT2D eigenvalue weighted by Crippen LogP contribution is -2.31. The molecule has 0 bridgehead atoms. The van der Waals surface area contributed by atoms with Crippen molar-refractivity contribution < 1.29 is 9.47 Å². The third kappa shape index (κ3) is 2.94. The summed E-state index contributed by atoms with van der Waals surface area (Å²) in [4.78, 5) is 0. The van der Waals surface area contributed by atoms with Crippen LogP contribution in [-0.4, -0.2) is 20.3 Å². The molecule has 0 saturated carbocycles. The van der Waals surface area contributed by atoms with Crippen LogP contribution in [0.15, 0.2) is 36.4 Å². The molecule has 1 aliphatic rings. The molecular formula is C18H20INO2. The smallest absolute Gasteiger partial charge is 0.164 e. The number of hydrogen-bond donors (Lipinski definition) is 1. The van der Waals surface area contributed by atoms with Gasteiger partial charge in [0.1, 0.15) is 0 Å². The number of ether oxygens (including phenoxy) is 2. The van der Waals surface area contributed by atoms with Gasteiger partial charge < -0.3 is 14.8 Å². The highest BCUT2D eigenvalue weighted by molar-refractivity contribution is 14.1. The lowest BCUT2D eigenvalue weighted by molar-refractivity contribution is 0.305. The quantitative estimate of drug-likeness (QED) is 0.777. The van der Waals surface area contributed by atoms with Crippen LogP contribution in [0.25, 0.3) is 0 Å². The van der Waals surface area contributed by atoms with E-state index in [1.807, 2.05) is 13.0 Å². The van der Waals surface area contributed by atoms with E-state index in [0.29, 0.717) is 6.61 Å². The van der Waals surface area contributed by atoms with Crippen LogP contribution >= 0.6 is 22.6 Å². The van der Waals surface area contributed by atoms with Crippen LogP contribution in [0.3, 0.4) is 0 Å². The molecule has 4 heteroatoms. The Morgan fingerprint density at radius 1 is 1.18 bits per heavy atom. The zero-order valence-electron chi connectivity index (χ0n) is 12.9. The van der Waals surface area contributed by atoms with Crippen molar-refractivity contribution in [2.45, 2.75) is 19.4 Å². The normalized spacial score (nSPS) is 17.0. The van der Waals surface area contributed by atoms with Gasteiger partial charge in [0, 0.05) is 15.7 Å². The number of benzene rings is 2. The molecule has 1 N–H and O–H groups in total. The molecule has 2 aromatic rings. The second-order valence-electron chi connectivity index (χ2n) is 5.29. The minimum Gasteiger partial charge on any atom is -0.493 e. The molecule has 2 aromatic carbocycles. The predicted molar refractivity (Wildman–Crippen MR) is 96.9 cm³/mol. The molecule has 1 aliphatic heterocycles. The average molecular weight is 409 g/mol. The van der Waals surface area contributed by atoms with Crippen molar-refractivity contribution in [2.24, 2.45) is 0 Å². The van der Waals surface area contributed by atoms with Crippen molar-refractivity contribution in [3.05, 3.63) is 56.7 Å². The minimum absolute atomic E-state index is 0.214. The van der Waals surface area contributed by atoms with E-state index in [-0.39, 0.29) is 6.04 Å². The molecule has 22 heavy (non-hydrogen) atoms. The first-order chi connectivity index (χ1) is 10.7. The Morgan fingerprint density at radius 2 is 1.95 bits per heavy atom. The van der Waals surface area contributed by atoms with E-state index in [0.717, 1.165) is 24.5 Å². The molecule has 0 saturated heterocycles. The maximum absolute atomic E-state index is 5.88. The molecule has 3 rings (SSSR count). The highest BCUT2D eigenvalue weighted by atomic mass is 127. The minimum atomic E-state index is 0.214. The molecule has 0 aromatic heterocycles. The van der Waals surface area contributed by atoms with E-state index in [1.165, 1.54) is 20.3 Å². The largest absolute Gasteiger partial charge is 0.493 e. The number of methoxy groups -OCH3 is 1. The summed E-state index contributed by atoms with van der Waals surface area (Å²) in [5.41, 5.74) is 3.84. The number of fused-ring (bicyclic) bond motifs is 1. The third-order valence-corrected chi connectivity index (χ3v) is 4.73. The summed E-state index contributed by atoms with van der Waals surface area (Å²) < 4.78 is 12.6. The molecular weight excluding hydrogens is 389 g/mol. The van der Waals surface area contributed by atoms with Crippen molar-refractivity contribution in [3.8, 4) is 11.5 Å². The molecule has 1 heterocycles. The van der Waals surface area contributed by atoms with E-state index in [2.05, 4.69) is 58.2 Å². The molecule has 116 valence electrons. The summed E-state index contributed by atoms with van der Waals surface area (Å²) in [6, 6.07) is 13.1. The van der Waals surface area contributed by atoms with Crippen molar-refractivity contribution >= 4 is 22.6 Å². The van der Waals surface area contributed by atoms with Gasteiger partial charge in [-0.25, -0.2) is 0 Å². The summed E-state index contributed by atoms with van der Waals surface area (Å²) in [7, 11) is 1.70. The number of nitrogens with one attached hydrogen (secondary N) is 1. The molecule has 0 fully saturated rings. The summed E-state index contributed by atoms with van der Waals surface area (Å²) >= 11 is 2.34. The summed E-state index contributed by atoms with van der Waals surface area (Å²) in [6.45, 7) is 3.60. The third-order valence-electron chi connectivity index (χ3n) is 4.01. The molecule has 0 radical (unpaired) electrons. The van der Waals surface area contributed by atoms with Crippen LogP contribution in [0, 0.1) is 3.57 Å². The van der Waals surface area contributed by atoms with Crippen molar-refractivity contribution in [1.82, 2.24) is 5.32 Å². The van der Waals surface area contributed by atoms with E-state index in [9.17, 15) is 0 Å². The second-order valence-corrected chi connectivity index (χ2v) is 6.53. The van der Waals surface area contributed by atoms with Crippen LogP contribution < -0.4 is 14.8 Å². The monoisotopic (exact) mass is 409 g/mol. The summed E-state index contributed by atoms with van der Waals surface area (Å²) in [5.74, 6) is 1.73.